The summed E-state index contributed by atoms with van der Waals surface area (Å²) in [5.41, 5.74) is 4.67. The summed E-state index contributed by atoms with van der Waals surface area (Å²) < 4.78 is 0. The monoisotopic (exact) mass is 453 g/mol. The van der Waals surface area contributed by atoms with Gasteiger partial charge in [-0.25, -0.2) is 15.0 Å². The van der Waals surface area contributed by atoms with Crippen LogP contribution in [-0.2, 0) is 0 Å². The highest BCUT2D eigenvalue weighted by Crippen LogP contribution is 2.31. The largest absolute Gasteiger partial charge is 0.208 e. The molecule has 0 radical (unpaired) electrons. The van der Waals surface area contributed by atoms with E-state index in [1.165, 1.54) is 0 Å². The van der Waals surface area contributed by atoms with Crippen molar-refractivity contribution in [3.8, 4) is 45.3 Å². The van der Waals surface area contributed by atoms with Crippen LogP contribution in [0.1, 0.15) is 0 Å². The van der Waals surface area contributed by atoms with E-state index in [-0.39, 0.29) is 0 Å². The first kappa shape index (κ1) is 20.4. The van der Waals surface area contributed by atoms with Crippen LogP contribution in [0.4, 0.5) is 0 Å². The van der Waals surface area contributed by atoms with E-state index in [0.717, 1.165) is 27.8 Å². The average molecular weight is 454 g/mol. The van der Waals surface area contributed by atoms with Gasteiger partial charge >= 0.3 is 0 Å². The second-order valence-corrected chi connectivity index (χ2v) is 8.15. The normalized spacial score (nSPS) is 10.8. The topological polar surface area (TPSA) is 38.7 Å². The minimum atomic E-state index is 0.593. The molecule has 0 saturated carbocycles. The minimum absolute atomic E-state index is 0.593. The Bertz CT molecular complexity index is 1310. The zero-order chi connectivity index (χ0) is 21.9. The molecular weight excluding hydrogens is 437 g/mol. The number of nitrogens with zero attached hydrogens (tertiary/aromatic N) is 3. The van der Waals surface area contributed by atoms with E-state index in [0.29, 0.717) is 27.5 Å². The summed E-state index contributed by atoms with van der Waals surface area (Å²) in [4.78, 5) is 14.3. The Hall–Kier alpha value is -3.53. The van der Waals surface area contributed by atoms with Crippen LogP contribution in [0.2, 0.25) is 10.0 Å². The molecule has 5 rings (SSSR count). The SMILES string of the molecule is Clc1cc(Cl)cc(-c2cccc(-c3nc(-c4ccccc4)nc(-c4ccccc4)n3)c2)c1. The van der Waals surface area contributed by atoms with Crippen molar-refractivity contribution < 1.29 is 0 Å². The number of aromatic nitrogens is 3. The van der Waals surface area contributed by atoms with E-state index in [1.54, 1.807) is 6.07 Å². The molecule has 0 unspecified atom stereocenters. The highest BCUT2D eigenvalue weighted by atomic mass is 35.5. The zero-order valence-corrected chi connectivity index (χ0v) is 18.4. The smallest absolute Gasteiger partial charge is 0.164 e. The first-order chi connectivity index (χ1) is 15.7. The van der Waals surface area contributed by atoms with E-state index >= 15 is 0 Å². The van der Waals surface area contributed by atoms with E-state index in [1.807, 2.05) is 97.1 Å². The third kappa shape index (κ3) is 4.40. The van der Waals surface area contributed by atoms with Gasteiger partial charge in [0.05, 0.1) is 0 Å². The average Bonchev–Trinajstić information content (AvgIpc) is 2.84. The van der Waals surface area contributed by atoms with Gasteiger partial charge in [-0.15, -0.1) is 0 Å². The molecule has 0 bridgehead atoms. The molecule has 0 aliphatic heterocycles. The van der Waals surface area contributed by atoms with Crippen LogP contribution in [0.3, 0.4) is 0 Å². The third-order valence-corrected chi connectivity index (χ3v) is 5.45. The lowest BCUT2D eigenvalue weighted by Crippen LogP contribution is -2.00. The van der Waals surface area contributed by atoms with Gasteiger partial charge in [0.15, 0.2) is 17.5 Å². The maximum absolute atomic E-state index is 6.22. The van der Waals surface area contributed by atoms with Crippen LogP contribution in [0.15, 0.2) is 103 Å². The second-order valence-electron chi connectivity index (χ2n) is 7.28. The molecule has 3 nitrogen and oxygen atoms in total. The van der Waals surface area contributed by atoms with Crippen LogP contribution >= 0.6 is 23.2 Å². The van der Waals surface area contributed by atoms with Crippen LogP contribution in [0.25, 0.3) is 45.3 Å². The summed E-state index contributed by atoms with van der Waals surface area (Å²) in [6, 6.07) is 33.4. The Kier molecular flexibility index (Phi) is 5.68. The number of benzene rings is 4. The van der Waals surface area contributed by atoms with Gasteiger partial charge in [-0.1, -0.05) is 102 Å². The van der Waals surface area contributed by atoms with Crippen LogP contribution in [0, 0.1) is 0 Å². The van der Waals surface area contributed by atoms with Crippen molar-refractivity contribution in [2.45, 2.75) is 0 Å². The van der Waals surface area contributed by atoms with Crippen molar-refractivity contribution >= 4 is 23.2 Å². The van der Waals surface area contributed by atoms with Crippen molar-refractivity contribution in [2.75, 3.05) is 0 Å². The molecule has 0 aliphatic carbocycles. The Morgan fingerprint density at radius 2 is 0.812 bits per heavy atom. The number of hydrogen-bond donors (Lipinski definition) is 0. The third-order valence-electron chi connectivity index (χ3n) is 5.02. The fraction of sp³-hybridized carbons (Fsp3) is 0. The molecule has 32 heavy (non-hydrogen) atoms. The van der Waals surface area contributed by atoms with Crippen LogP contribution < -0.4 is 0 Å². The van der Waals surface area contributed by atoms with E-state index in [4.69, 9.17) is 38.2 Å². The molecule has 0 saturated heterocycles. The predicted molar refractivity (Wildman–Crippen MR) is 132 cm³/mol. The summed E-state index contributed by atoms with van der Waals surface area (Å²) in [5, 5.41) is 1.19. The lowest BCUT2D eigenvalue weighted by atomic mass is 10.0. The lowest BCUT2D eigenvalue weighted by Gasteiger charge is -2.10. The van der Waals surface area contributed by atoms with Crippen molar-refractivity contribution in [3.05, 3.63) is 113 Å². The molecule has 0 aliphatic rings. The molecule has 1 aromatic heterocycles. The fourth-order valence-electron chi connectivity index (χ4n) is 3.50. The van der Waals surface area contributed by atoms with Gasteiger partial charge in [-0.2, -0.15) is 0 Å². The maximum Gasteiger partial charge on any atom is 0.164 e. The lowest BCUT2D eigenvalue weighted by molar-refractivity contribution is 1.07. The number of rotatable bonds is 4. The Morgan fingerprint density at radius 3 is 1.34 bits per heavy atom. The van der Waals surface area contributed by atoms with Crippen LogP contribution in [-0.4, -0.2) is 15.0 Å². The minimum Gasteiger partial charge on any atom is -0.208 e. The fourth-order valence-corrected chi connectivity index (χ4v) is 4.02. The number of halogens is 2. The quantitative estimate of drug-likeness (QED) is 0.278. The van der Waals surface area contributed by atoms with Gasteiger partial charge < -0.3 is 0 Å². The molecule has 5 heteroatoms. The molecule has 4 aromatic carbocycles. The first-order valence-electron chi connectivity index (χ1n) is 10.1. The summed E-state index contributed by atoms with van der Waals surface area (Å²) in [6.07, 6.45) is 0. The van der Waals surface area contributed by atoms with Crippen LogP contribution in [0.5, 0.6) is 0 Å². The van der Waals surface area contributed by atoms with Gasteiger partial charge in [0.1, 0.15) is 0 Å². The van der Waals surface area contributed by atoms with Gasteiger partial charge in [-0.3, -0.25) is 0 Å². The molecular formula is C27H17Cl2N3. The Labute approximate surface area is 196 Å². The van der Waals surface area contributed by atoms with E-state index < -0.39 is 0 Å². The zero-order valence-electron chi connectivity index (χ0n) is 16.9. The first-order valence-corrected chi connectivity index (χ1v) is 10.9. The summed E-state index contributed by atoms with van der Waals surface area (Å²) in [6.45, 7) is 0. The predicted octanol–water partition coefficient (Wildman–Crippen LogP) is 7.85. The van der Waals surface area contributed by atoms with E-state index in [2.05, 4.69) is 0 Å². The summed E-state index contributed by atoms with van der Waals surface area (Å²) in [5.74, 6) is 1.86. The van der Waals surface area contributed by atoms with Gasteiger partial charge in [0.25, 0.3) is 0 Å². The van der Waals surface area contributed by atoms with Gasteiger partial charge in [-0.05, 0) is 35.4 Å². The standard InChI is InChI=1S/C27H17Cl2N3/c28-23-15-22(16-24(29)17-23)20-12-7-13-21(14-20)27-31-25(18-8-3-1-4-9-18)30-26(32-27)19-10-5-2-6-11-19/h1-17H. The molecule has 1 heterocycles. The molecule has 0 N–H and O–H groups in total. The molecule has 5 aromatic rings. The highest BCUT2D eigenvalue weighted by Gasteiger charge is 2.13. The molecule has 0 spiro atoms. The van der Waals surface area contributed by atoms with Gasteiger partial charge in [0, 0.05) is 26.7 Å². The Morgan fingerprint density at radius 1 is 0.375 bits per heavy atom. The second kappa shape index (κ2) is 8.91. The summed E-state index contributed by atoms with van der Waals surface area (Å²) >= 11 is 12.4. The van der Waals surface area contributed by atoms with Crippen molar-refractivity contribution in [3.63, 3.8) is 0 Å². The maximum atomic E-state index is 6.22. The molecule has 0 amide bonds. The molecule has 0 atom stereocenters. The highest BCUT2D eigenvalue weighted by molar-refractivity contribution is 6.35. The van der Waals surface area contributed by atoms with Crippen molar-refractivity contribution in [2.24, 2.45) is 0 Å². The van der Waals surface area contributed by atoms with Crippen molar-refractivity contribution in [1.82, 2.24) is 15.0 Å². The van der Waals surface area contributed by atoms with E-state index in [9.17, 15) is 0 Å². The number of hydrogen-bond acceptors (Lipinski definition) is 3. The summed E-state index contributed by atoms with van der Waals surface area (Å²) in [7, 11) is 0. The Balaban J connectivity index is 1.66. The van der Waals surface area contributed by atoms with Gasteiger partial charge in [0.2, 0.25) is 0 Å². The van der Waals surface area contributed by atoms with Crippen molar-refractivity contribution in [1.29, 1.82) is 0 Å². The molecule has 154 valence electrons. The molecule has 0 fully saturated rings.